The number of aryl methyl sites for hydroxylation is 2. The molecule has 4 rings (SSSR count). The van der Waals surface area contributed by atoms with Crippen LogP contribution in [-0.2, 0) is 4.74 Å². The molecule has 3 aromatic rings. The molecule has 7 heteroatoms. The van der Waals surface area contributed by atoms with E-state index >= 15 is 0 Å². The van der Waals surface area contributed by atoms with E-state index in [0.717, 1.165) is 35.4 Å². The maximum Gasteiger partial charge on any atom is 0.274 e. The van der Waals surface area contributed by atoms with Crippen molar-refractivity contribution in [1.82, 2.24) is 15.0 Å². The van der Waals surface area contributed by atoms with Gasteiger partial charge in [0.05, 0.1) is 13.2 Å². The highest BCUT2D eigenvalue weighted by Crippen LogP contribution is 2.24. The second kappa shape index (κ2) is 6.76. The molecule has 0 radical (unpaired) electrons. The number of carbonyl (C=O) groups excluding carboxylic acids is 1. The van der Waals surface area contributed by atoms with Crippen LogP contribution in [0, 0.1) is 13.8 Å². The Kier molecular flexibility index (Phi) is 4.30. The van der Waals surface area contributed by atoms with Crippen molar-refractivity contribution in [3.63, 3.8) is 0 Å². The quantitative estimate of drug-likeness (QED) is 0.758. The lowest BCUT2D eigenvalue weighted by Gasteiger charge is -2.26. The van der Waals surface area contributed by atoms with Gasteiger partial charge in [-0.25, -0.2) is 9.97 Å². The van der Waals surface area contributed by atoms with Gasteiger partial charge in [-0.15, -0.1) is 0 Å². The summed E-state index contributed by atoms with van der Waals surface area (Å²) >= 11 is 0. The molecule has 0 spiro atoms. The van der Waals surface area contributed by atoms with Gasteiger partial charge in [-0.2, -0.15) is 0 Å². The van der Waals surface area contributed by atoms with Crippen molar-refractivity contribution in [2.45, 2.75) is 13.8 Å². The predicted octanol–water partition coefficient (Wildman–Crippen LogP) is 2.66. The lowest BCUT2D eigenvalue weighted by molar-refractivity contribution is 0.102. The van der Waals surface area contributed by atoms with Crippen LogP contribution in [0.4, 0.5) is 11.6 Å². The molecule has 1 amide bonds. The van der Waals surface area contributed by atoms with Crippen LogP contribution in [0.5, 0.6) is 0 Å². The van der Waals surface area contributed by atoms with Gasteiger partial charge in [-0.05, 0) is 43.7 Å². The van der Waals surface area contributed by atoms with Gasteiger partial charge in [-0.1, -0.05) is 0 Å². The minimum atomic E-state index is -0.244. The molecular weight excluding hydrogens is 330 g/mol. The van der Waals surface area contributed by atoms with Crippen LogP contribution in [-0.4, -0.2) is 47.2 Å². The molecule has 0 unspecified atom stereocenters. The molecule has 1 aromatic carbocycles. The van der Waals surface area contributed by atoms with E-state index in [1.807, 2.05) is 30.0 Å². The van der Waals surface area contributed by atoms with Gasteiger partial charge in [0.2, 0.25) is 5.95 Å². The van der Waals surface area contributed by atoms with E-state index in [4.69, 9.17) is 4.74 Å². The average Bonchev–Trinajstić information content (AvgIpc) is 2.96. The van der Waals surface area contributed by atoms with Gasteiger partial charge in [0.25, 0.3) is 5.91 Å². The molecule has 26 heavy (non-hydrogen) atoms. The highest BCUT2D eigenvalue weighted by atomic mass is 16.5. The maximum absolute atomic E-state index is 12.6. The number of aromatic nitrogens is 3. The van der Waals surface area contributed by atoms with Crippen molar-refractivity contribution in [2.75, 3.05) is 36.5 Å². The normalized spacial score (nSPS) is 14.6. The Bertz CT molecular complexity index is 960. The van der Waals surface area contributed by atoms with E-state index in [1.165, 1.54) is 5.56 Å². The van der Waals surface area contributed by atoms with Gasteiger partial charge < -0.3 is 19.9 Å². The number of ether oxygens (including phenoxy) is 1. The number of fused-ring (bicyclic) bond motifs is 1. The van der Waals surface area contributed by atoms with Gasteiger partial charge in [0, 0.05) is 41.6 Å². The fourth-order valence-electron chi connectivity index (χ4n) is 3.12. The van der Waals surface area contributed by atoms with Crippen LogP contribution >= 0.6 is 0 Å². The number of hydrogen-bond donors (Lipinski definition) is 2. The summed E-state index contributed by atoms with van der Waals surface area (Å²) in [7, 11) is 0. The topological polar surface area (TPSA) is 83.1 Å². The number of nitrogens with zero attached hydrogens (tertiary/aromatic N) is 3. The Morgan fingerprint density at radius 2 is 2.04 bits per heavy atom. The number of anilines is 2. The van der Waals surface area contributed by atoms with Crippen molar-refractivity contribution in [2.24, 2.45) is 0 Å². The number of benzene rings is 1. The van der Waals surface area contributed by atoms with Gasteiger partial charge in [0.1, 0.15) is 5.69 Å². The summed E-state index contributed by atoms with van der Waals surface area (Å²) in [4.78, 5) is 26.7. The van der Waals surface area contributed by atoms with Crippen molar-refractivity contribution < 1.29 is 9.53 Å². The van der Waals surface area contributed by atoms with E-state index in [-0.39, 0.29) is 5.91 Å². The fourth-order valence-corrected chi connectivity index (χ4v) is 3.12. The molecule has 0 aliphatic carbocycles. The zero-order chi connectivity index (χ0) is 18.1. The SMILES string of the molecule is Cc1[nH]c2ccc(NC(=O)c3ccnc(N4CCOCC4)n3)cc2c1C. The molecule has 0 bridgehead atoms. The number of nitrogens with one attached hydrogen (secondary N) is 2. The smallest absolute Gasteiger partial charge is 0.274 e. The Hall–Kier alpha value is -2.93. The third-order valence-electron chi connectivity index (χ3n) is 4.74. The van der Waals surface area contributed by atoms with Crippen LogP contribution in [0.2, 0.25) is 0 Å². The average molecular weight is 351 g/mol. The molecule has 134 valence electrons. The number of rotatable bonds is 3. The Labute approximate surface area is 151 Å². The van der Waals surface area contributed by atoms with Crippen LogP contribution in [0.25, 0.3) is 10.9 Å². The number of carbonyl (C=O) groups is 1. The Balaban J connectivity index is 1.55. The van der Waals surface area contributed by atoms with E-state index in [2.05, 4.69) is 27.2 Å². The lowest BCUT2D eigenvalue weighted by Crippen LogP contribution is -2.37. The summed E-state index contributed by atoms with van der Waals surface area (Å²) in [6.07, 6.45) is 1.62. The molecule has 1 fully saturated rings. The second-order valence-electron chi connectivity index (χ2n) is 6.43. The molecule has 2 aromatic heterocycles. The Morgan fingerprint density at radius 3 is 2.85 bits per heavy atom. The molecule has 7 nitrogen and oxygen atoms in total. The van der Waals surface area contributed by atoms with Crippen LogP contribution in [0.1, 0.15) is 21.7 Å². The molecule has 1 aliphatic heterocycles. The summed E-state index contributed by atoms with van der Waals surface area (Å²) in [5, 5.41) is 4.04. The van der Waals surface area contributed by atoms with Crippen LogP contribution < -0.4 is 10.2 Å². The van der Waals surface area contributed by atoms with Gasteiger partial charge in [-0.3, -0.25) is 4.79 Å². The van der Waals surface area contributed by atoms with E-state index in [0.29, 0.717) is 24.9 Å². The number of H-pyrrole nitrogens is 1. The fraction of sp³-hybridized carbons (Fsp3) is 0.316. The third-order valence-corrected chi connectivity index (χ3v) is 4.74. The highest BCUT2D eigenvalue weighted by molar-refractivity contribution is 6.04. The first-order valence-corrected chi connectivity index (χ1v) is 8.68. The summed E-state index contributed by atoms with van der Waals surface area (Å²) in [5.41, 5.74) is 4.48. The second-order valence-corrected chi connectivity index (χ2v) is 6.43. The first kappa shape index (κ1) is 16.5. The number of hydrogen-bond acceptors (Lipinski definition) is 5. The first-order valence-electron chi connectivity index (χ1n) is 8.68. The number of aromatic amines is 1. The molecule has 1 aliphatic rings. The third kappa shape index (κ3) is 3.13. The summed E-state index contributed by atoms with van der Waals surface area (Å²) < 4.78 is 5.35. The Morgan fingerprint density at radius 1 is 1.23 bits per heavy atom. The number of amides is 1. The van der Waals surface area contributed by atoms with Crippen molar-refractivity contribution in [1.29, 1.82) is 0 Å². The van der Waals surface area contributed by atoms with Gasteiger partial charge in [0.15, 0.2) is 0 Å². The van der Waals surface area contributed by atoms with Crippen LogP contribution in [0.15, 0.2) is 30.5 Å². The zero-order valence-corrected chi connectivity index (χ0v) is 14.9. The van der Waals surface area contributed by atoms with E-state index in [1.54, 1.807) is 12.3 Å². The minimum Gasteiger partial charge on any atom is -0.378 e. The summed E-state index contributed by atoms with van der Waals surface area (Å²) in [5.74, 6) is 0.319. The molecule has 2 N–H and O–H groups in total. The molecule has 0 atom stereocenters. The standard InChI is InChI=1S/C19H21N5O2/c1-12-13(2)21-16-4-3-14(11-15(12)16)22-18(25)17-5-6-20-19(23-17)24-7-9-26-10-8-24/h3-6,11,21H,7-10H2,1-2H3,(H,22,25). The molecule has 3 heterocycles. The van der Waals surface area contributed by atoms with Gasteiger partial charge >= 0.3 is 0 Å². The first-order chi connectivity index (χ1) is 12.6. The molecule has 1 saturated heterocycles. The van der Waals surface area contributed by atoms with Crippen LogP contribution in [0.3, 0.4) is 0 Å². The maximum atomic E-state index is 12.6. The minimum absolute atomic E-state index is 0.244. The molecule has 0 saturated carbocycles. The lowest BCUT2D eigenvalue weighted by atomic mass is 10.1. The van der Waals surface area contributed by atoms with Crippen molar-refractivity contribution in [3.8, 4) is 0 Å². The summed E-state index contributed by atoms with van der Waals surface area (Å²) in [6, 6.07) is 7.48. The molecular formula is C19H21N5O2. The monoisotopic (exact) mass is 351 g/mol. The largest absolute Gasteiger partial charge is 0.378 e. The van der Waals surface area contributed by atoms with E-state index in [9.17, 15) is 4.79 Å². The number of morpholine rings is 1. The predicted molar refractivity (Wildman–Crippen MR) is 101 cm³/mol. The highest BCUT2D eigenvalue weighted by Gasteiger charge is 2.16. The van der Waals surface area contributed by atoms with E-state index < -0.39 is 0 Å². The zero-order valence-electron chi connectivity index (χ0n) is 14.9. The summed E-state index contributed by atoms with van der Waals surface area (Å²) in [6.45, 7) is 6.87. The van der Waals surface area contributed by atoms with Crippen molar-refractivity contribution >= 4 is 28.4 Å². The van der Waals surface area contributed by atoms with Crippen molar-refractivity contribution in [3.05, 3.63) is 47.4 Å².